The lowest BCUT2D eigenvalue weighted by Crippen LogP contribution is -2.16. The number of rotatable bonds is 5. The Morgan fingerprint density at radius 3 is 2.48 bits per heavy atom. The van der Waals surface area contributed by atoms with Crippen molar-refractivity contribution in [1.29, 1.82) is 0 Å². The molecule has 2 aromatic rings. The maximum Gasteiger partial charge on any atom is 0.270 e. The minimum absolute atomic E-state index is 0.0166. The van der Waals surface area contributed by atoms with E-state index in [4.69, 9.17) is 0 Å². The fraction of sp³-hybridized carbons (Fsp3) is 0.0667. The number of hydrogen-bond acceptors (Lipinski definition) is 4. The molecule has 8 heteroatoms. The molecule has 0 fully saturated rings. The first-order chi connectivity index (χ1) is 10.9. The summed E-state index contributed by atoms with van der Waals surface area (Å²) < 4.78 is 13.8. The summed E-state index contributed by atoms with van der Waals surface area (Å²) in [4.78, 5) is 34.2. The van der Waals surface area contributed by atoms with Crippen molar-refractivity contribution in [3.05, 3.63) is 69.5 Å². The van der Waals surface area contributed by atoms with E-state index in [9.17, 15) is 24.1 Å². The van der Waals surface area contributed by atoms with Crippen LogP contribution in [-0.4, -0.2) is 21.9 Å². The molecule has 0 saturated heterocycles. The van der Waals surface area contributed by atoms with Crippen molar-refractivity contribution in [3.8, 4) is 0 Å². The lowest BCUT2D eigenvalue weighted by atomic mass is 10.0. The average Bonchev–Trinajstić information content (AvgIpc) is 2.54. The van der Waals surface area contributed by atoms with Gasteiger partial charge in [-0.1, -0.05) is 28.1 Å². The Bertz CT molecular complexity index is 795. The normalized spacial score (nSPS) is 10.2. The van der Waals surface area contributed by atoms with Gasteiger partial charge >= 0.3 is 0 Å². The number of nitro groups is 1. The van der Waals surface area contributed by atoms with Gasteiger partial charge in [0.05, 0.1) is 27.1 Å². The predicted octanol–water partition coefficient (Wildman–Crippen LogP) is 3.30. The fourth-order valence-corrected chi connectivity index (χ4v) is 2.06. The molecule has 0 bridgehead atoms. The highest BCUT2D eigenvalue weighted by Crippen LogP contribution is 2.25. The molecular weight excluding hydrogens is 371 g/mol. The van der Waals surface area contributed by atoms with Crippen molar-refractivity contribution in [2.75, 3.05) is 10.6 Å². The summed E-state index contributed by atoms with van der Waals surface area (Å²) >= 11 is 2.96. The lowest BCUT2D eigenvalue weighted by Gasteiger charge is -2.10. The Hall–Kier alpha value is -2.61. The molecular formula is C15H10BrFN2O4. The molecule has 118 valence electrons. The van der Waals surface area contributed by atoms with Crippen molar-refractivity contribution in [2.24, 2.45) is 0 Å². The number of nitrogens with zero attached hydrogens (tertiary/aromatic N) is 1. The van der Waals surface area contributed by atoms with E-state index >= 15 is 0 Å². The number of nitrogens with one attached hydrogen (secondary N) is 1. The average molecular weight is 381 g/mol. The quantitative estimate of drug-likeness (QED) is 0.373. The van der Waals surface area contributed by atoms with Gasteiger partial charge in [0, 0.05) is 12.1 Å². The number of ketones is 1. The molecule has 6 nitrogen and oxygen atoms in total. The first-order valence-corrected chi connectivity index (χ1v) is 7.49. The monoisotopic (exact) mass is 380 g/mol. The summed E-state index contributed by atoms with van der Waals surface area (Å²) in [5, 5.41) is 13.3. The second kappa shape index (κ2) is 7.10. The van der Waals surface area contributed by atoms with Crippen LogP contribution in [0.4, 0.5) is 15.8 Å². The molecule has 0 aliphatic heterocycles. The Kier molecular flexibility index (Phi) is 5.17. The van der Waals surface area contributed by atoms with Crippen LogP contribution in [0.25, 0.3) is 0 Å². The minimum atomic E-state index is -0.753. The van der Waals surface area contributed by atoms with Gasteiger partial charge < -0.3 is 5.32 Å². The van der Waals surface area contributed by atoms with Crippen LogP contribution in [0.1, 0.15) is 15.9 Å². The Morgan fingerprint density at radius 1 is 1.17 bits per heavy atom. The summed E-state index contributed by atoms with van der Waals surface area (Å²) in [7, 11) is 0. The van der Waals surface area contributed by atoms with Gasteiger partial charge in [-0.25, -0.2) is 4.39 Å². The zero-order chi connectivity index (χ0) is 17.0. The van der Waals surface area contributed by atoms with Crippen LogP contribution >= 0.6 is 15.9 Å². The van der Waals surface area contributed by atoms with E-state index in [1.807, 2.05) is 0 Å². The lowest BCUT2D eigenvalue weighted by molar-refractivity contribution is -0.384. The van der Waals surface area contributed by atoms with Crippen LogP contribution in [0.2, 0.25) is 0 Å². The number of alkyl halides is 1. The largest absolute Gasteiger partial charge is 0.325 e. The number of carbonyl (C=O) groups excluding carboxylic acids is 2. The second-order valence-corrected chi connectivity index (χ2v) is 5.04. The number of benzene rings is 2. The van der Waals surface area contributed by atoms with E-state index in [0.717, 1.165) is 18.2 Å². The Balaban J connectivity index is 2.55. The van der Waals surface area contributed by atoms with E-state index in [-0.39, 0.29) is 27.8 Å². The SMILES string of the molecule is O=C(CBr)Nc1ccc([N+](=O)[O-])cc1C(=O)c1ccccc1F. The third-order valence-corrected chi connectivity index (χ3v) is 3.48. The van der Waals surface area contributed by atoms with Crippen molar-refractivity contribution >= 4 is 39.0 Å². The first kappa shape index (κ1) is 16.8. The molecule has 0 saturated carbocycles. The summed E-state index contributed by atoms with van der Waals surface area (Å²) in [6.07, 6.45) is 0. The summed E-state index contributed by atoms with van der Waals surface area (Å²) in [6.45, 7) is 0. The number of hydrogen-bond donors (Lipinski definition) is 1. The maximum absolute atomic E-state index is 13.8. The second-order valence-electron chi connectivity index (χ2n) is 4.48. The van der Waals surface area contributed by atoms with Crippen LogP contribution in [0.15, 0.2) is 42.5 Å². The molecule has 0 radical (unpaired) electrons. The van der Waals surface area contributed by atoms with Crippen molar-refractivity contribution in [2.45, 2.75) is 0 Å². The van der Waals surface area contributed by atoms with Gasteiger partial charge in [0.25, 0.3) is 5.69 Å². The molecule has 0 heterocycles. The van der Waals surface area contributed by atoms with Gasteiger partial charge in [-0.3, -0.25) is 19.7 Å². The van der Waals surface area contributed by atoms with Crippen LogP contribution in [0.3, 0.4) is 0 Å². The van der Waals surface area contributed by atoms with E-state index in [2.05, 4.69) is 21.2 Å². The van der Waals surface area contributed by atoms with Crippen LogP contribution in [-0.2, 0) is 4.79 Å². The molecule has 1 amide bonds. The molecule has 0 aromatic heterocycles. The number of anilines is 1. The van der Waals surface area contributed by atoms with E-state index < -0.39 is 22.4 Å². The Labute approximate surface area is 138 Å². The van der Waals surface area contributed by atoms with Crippen molar-refractivity contribution in [3.63, 3.8) is 0 Å². The third-order valence-electron chi connectivity index (χ3n) is 2.97. The summed E-state index contributed by atoms with van der Waals surface area (Å²) in [5.74, 6) is -1.94. The van der Waals surface area contributed by atoms with Crippen molar-refractivity contribution < 1.29 is 18.9 Å². The maximum atomic E-state index is 13.8. The molecule has 23 heavy (non-hydrogen) atoms. The smallest absolute Gasteiger partial charge is 0.270 e. The topological polar surface area (TPSA) is 89.3 Å². The van der Waals surface area contributed by atoms with Crippen LogP contribution < -0.4 is 5.32 Å². The van der Waals surface area contributed by atoms with E-state index in [1.54, 1.807) is 0 Å². The fourth-order valence-electron chi connectivity index (χ4n) is 1.92. The van der Waals surface area contributed by atoms with Gasteiger partial charge in [0.1, 0.15) is 5.82 Å². The van der Waals surface area contributed by atoms with Gasteiger partial charge in [0.2, 0.25) is 5.91 Å². The Morgan fingerprint density at radius 2 is 1.87 bits per heavy atom. The minimum Gasteiger partial charge on any atom is -0.325 e. The van der Waals surface area contributed by atoms with Gasteiger partial charge in [0.15, 0.2) is 5.78 Å². The highest BCUT2D eigenvalue weighted by molar-refractivity contribution is 9.09. The molecule has 1 N–H and O–H groups in total. The summed E-state index contributed by atoms with van der Waals surface area (Å²) in [5.41, 5.74) is -0.643. The molecule has 0 unspecified atom stereocenters. The zero-order valence-electron chi connectivity index (χ0n) is 11.6. The zero-order valence-corrected chi connectivity index (χ0v) is 13.2. The number of amides is 1. The van der Waals surface area contributed by atoms with E-state index in [1.165, 1.54) is 24.3 Å². The van der Waals surface area contributed by atoms with E-state index in [0.29, 0.717) is 0 Å². The number of non-ortho nitro benzene ring substituents is 1. The molecule has 0 spiro atoms. The van der Waals surface area contributed by atoms with Gasteiger partial charge in [-0.2, -0.15) is 0 Å². The van der Waals surface area contributed by atoms with Crippen LogP contribution in [0, 0.1) is 15.9 Å². The molecule has 2 rings (SSSR count). The highest BCUT2D eigenvalue weighted by atomic mass is 79.9. The highest BCUT2D eigenvalue weighted by Gasteiger charge is 2.21. The van der Waals surface area contributed by atoms with Gasteiger partial charge in [-0.05, 0) is 18.2 Å². The molecule has 0 aliphatic rings. The molecule has 0 aliphatic carbocycles. The summed E-state index contributed by atoms with van der Waals surface area (Å²) in [6, 6.07) is 8.69. The van der Waals surface area contributed by atoms with Crippen LogP contribution in [0.5, 0.6) is 0 Å². The molecule has 2 aromatic carbocycles. The molecule has 0 atom stereocenters. The standard InChI is InChI=1S/C15H10BrFN2O4/c16-8-14(20)18-13-6-5-9(19(22)23)7-11(13)15(21)10-3-1-2-4-12(10)17/h1-7H,8H2,(H,18,20). The third kappa shape index (κ3) is 3.78. The number of nitro benzene ring substituents is 1. The number of carbonyl (C=O) groups is 2. The van der Waals surface area contributed by atoms with Gasteiger partial charge in [-0.15, -0.1) is 0 Å². The predicted molar refractivity (Wildman–Crippen MR) is 85.4 cm³/mol. The number of halogens is 2. The first-order valence-electron chi connectivity index (χ1n) is 6.37. The van der Waals surface area contributed by atoms with Crippen molar-refractivity contribution in [1.82, 2.24) is 0 Å².